The number of carbonyl (C=O) groups is 1. The molecule has 2 rings (SSSR count). The summed E-state index contributed by atoms with van der Waals surface area (Å²) >= 11 is 0. The highest BCUT2D eigenvalue weighted by atomic mass is 19.1. The third kappa shape index (κ3) is 7.15. The van der Waals surface area contributed by atoms with Crippen LogP contribution in [0.4, 0.5) is 20.6 Å². The van der Waals surface area contributed by atoms with E-state index in [4.69, 9.17) is 4.74 Å². The Balaban J connectivity index is 2.23. The van der Waals surface area contributed by atoms with Crippen molar-refractivity contribution in [3.63, 3.8) is 0 Å². The van der Waals surface area contributed by atoms with Crippen LogP contribution in [0.25, 0.3) is 0 Å². The lowest BCUT2D eigenvalue weighted by atomic mass is 10.2. The third-order valence-corrected chi connectivity index (χ3v) is 4.79. The van der Waals surface area contributed by atoms with Crippen molar-refractivity contribution in [3.05, 3.63) is 60.4 Å². The highest BCUT2D eigenvalue weighted by Gasteiger charge is 2.24. The van der Waals surface area contributed by atoms with Crippen molar-refractivity contribution in [3.8, 4) is 0 Å². The van der Waals surface area contributed by atoms with Gasteiger partial charge in [-0.3, -0.25) is 9.80 Å². The standard InChI is InChI=1S/C23H32FN3O2/c1-4-16-29-18-22(26(5-2)6-3)17-27(21-10-8-7-9-11-21)23(28)25-20-14-12-19(24)13-15-20/h7-15,22H,4-6,16-18H2,1-3H3,(H,25,28). The molecule has 1 atom stereocenters. The average Bonchev–Trinajstić information content (AvgIpc) is 2.74. The zero-order valence-electron chi connectivity index (χ0n) is 17.6. The Labute approximate surface area is 173 Å². The first-order valence-electron chi connectivity index (χ1n) is 10.3. The molecule has 2 amide bonds. The summed E-state index contributed by atoms with van der Waals surface area (Å²) in [7, 11) is 0. The fourth-order valence-electron chi connectivity index (χ4n) is 3.23. The Morgan fingerprint density at radius 3 is 2.28 bits per heavy atom. The van der Waals surface area contributed by atoms with Crippen molar-refractivity contribution in [1.82, 2.24) is 4.90 Å². The van der Waals surface area contributed by atoms with E-state index >= 15 is 0 Å². The van der Waals surface area contributed by atoms with Crippen molar-refractivity contribution in [2.24, 2.45) is 0 Å². The number of halogens is 1. The van der Waals surface area contributed by atoms with Gasteiger partial charge in [0.05, 0.1) is 12.6 Å². The predicted molar refractivity (Wildman–Crippen MR) is 117 cm³/mol. The number of nitrogens with one attached hydrogen (secondary N) is 1. The first-order chi connectivity index (χ1) is 14.1. The van der Waals surface area contributed by atoms with Crippen molar-refractivity contribution in [2.75, 3.05) is 43.1 Å². The van der Waals surface area contributed by atoms with Gasteiger partial charge in [-0.25, -0.2) is 9.18 Å². The zero-order valence-corrected chi connectivity index (χ0v) is 17.6. The number of ether oxygens (including phenoxy) is 1. The quantitative estimate of drug-likeness (QED) is 0.539. The molecule has 29 heavy (non-hydrogen) atoms. The number of para-hydroxylation sites is 1. The second kappa shape index (κ2) is 12.2. The van der Waals surface area contributed by atoms with Crippen molar-refractivity contribution >= 4 is 17.4 Å². The molecule has 0 aliphatic carbocycles. The maximum atomic E-state index is 13.2. The molecule has 0 heterocycles. The minimum Gasteiger partial charge on any atom is -0.380 e. The van der Waals surface area contributed by atoms with Gasteiger partial charge in [-0.15, -0.1) is 0 Å². The number of hydrogen-bond acceptors (Lipinski definition) is 3. The minimum absolute atomic E-state index is 0.0655. The van der Waals surface area contributed by atoms with Gasteiger partial charge in [0.2, 0.25) is 0 Å². The van der Waals surface area contributed by atoms with E-state index in [9.17, 15) is 9.18 Å². The third-order valence-electron chi connectivity index (χ3n) is 4.79. The molecule has 6 heteroatoms. The number of hydrogen-bond donors (Lipinski definition) is 1. The molecule has 0 saturated heterocycles. The van der Waals surface area contributed by atoms with E-state index in [1.165, 1.54) is 12.1 Å². The van der Waals surface area contributed by atoms with Crippen LogP contribution in [0.1, 0.15) is 27.2 Å². The number of urea groups is 1. The fraction of sp³-hybridized carbons (Fsp3) is 0.435. The minimum atomic E-state index is -0.336. The van der Waals surface area contributed by atoms with Gasteiger partial charge < -0.3 is 10.1 Å². The zero-order chi connectivity index (χ0) is 21.1. The van der Waals surface area contributed by atoms with Crippen LogP contribution in [0.15, 0.2) is 54.6 Å². The highest BCUT2D eigenvalue weighted by Crippen LogP contribution is 2.18. The van der Waals surface area contributed by atoms with Gasteiger partial charge in [-0.2, -0.15) is 0 Å². The maximum Gasteiger partial charge on any atom is 0.326 e. The van der Waals surface area contributed by atoms with E-state index in [1.54, 1.807) is 17.0 Å². The predicted octanol–water partition coefficient (Wildman–Crippen LogP) is 5.00. The van der Waals surface area contributed by atoms with Gasteiger partial charge in [0.25, 0.3) is 0 Å². The van der Waals surface area contributed by atoms with Crippen LogP contribution >= 0.6 is 0 Å². The largest absolute Gasteiger partial charge is 0.380 e. The van der Waals surface area contributed by atoms with Gasteiger partial charge in [-0.05, 0) is 55.9 Å². The topological polar surface area (TPSA) is 44.8 Å². The van der Waals surface area contributed by atoms with E-state index < -0.39 is 0 Å². The summed E-state index contributed by atoms with van der Waals surface area (Å²) in [6.07, 6.45) is 0.957. The van der Waals surface area contributed by atoms with Gasteiger partial charge in [0.1, 0.15) is 5.82 Å². The SMILES string of the molecule is CCCOCC(CN(C(=O)Nc1ccc(F)cc1)c1ccccc1)N(CC)CC. The van der Waals surface area contributed by atoms with Gasteiger partial charge >= 0.3 is 6.03 Å². The number of nitrogens with zero attached hydrogens (tertiary/aromatic N) is 2. The van der Waals surface area contributed by atoms with Crippen LogP contribution in [-0.4, -0.2) is 49.8 Å². The number of carbonyl (C=O) groups excluding carboxylic acids is 1. The normalized spacial score (nSPS) is 12.0. The molecule has 0 fully saturated rings. The van der Waals surface area contributed by atoms with Gasteiger partial charge in [0, 0.05) is 24.5 Å². The second-order valence-electron chi connectivity index (χ2n) is 6.83. The van der Waals surface area contributed by atoms with E-state index in [-0.39, 0.29) is 17.9 Å². The molecule has 0 aromatic heterocycles. The Morgan fingerprint density at radius 1 is 1.03 bits per heavy atom. The smallest absolute Gasteiger partial charge is 0.326 e. The van der Waals surface area contributed by atoms with Crippen molar-refractivity contribution < 1.29 is 13.9 Å². The average molecular weight is 402 g/mol. The summed E-state index contributed by atoms with van der Waals surface area (Å²) in [4.78, 5) is 17.2. The molecule has 0 spiro atoms. The maximum absolute atomic E-state index is 13.2. The van der Waals surface area contributed by atoms with E-state index in [1.807, 2.05) is 30.3 Å². The second-order valence-corrected chi connectivity index (χ2v) is 6.83. The number of benzene rings is 2. The molecule has 1 N–H and O–H groups in total. The van der Waals surface area contributed by atoms with Crippen LogP contribution in [0.5, 0.6) is 0 Å². The summed E-state index contributed by atoms with van der Waals surface area (Å²) in [5.74, 6) is -0.336. The summed E-state index contributed by atoms with van der Waals surface area (Å²) in [6.45, 7) is 9.80. The molecule has 0 aliphatic heterocycles. The Bertz CT molecular complexity index is 721. The number of anilines is 2. The van der Waals surface area contributed by atoms with E-state index in [0.717, 1.165) is 25.2 Å². The summed E-state index contributed by atoms with van der Waals surface area (Å²) in [5.41, 5.74) is 1.36. The van der Waals surface area contributed by atoms with E-state index in [0.29, 0.717) is 25.4 Å². The fourth-order valence-corrected chi connectivity index (χ4v) is 3.23. The molecule has 0 saturated carbocycles. The summed E-state index contributed by atoms with van der Waals surface area (Å²) in [5, 5.41) is 2.88. The lowest BCUT2D eigenvalue weighted by Gasteiger charge is -2.34. The molecule has 0 bridgehead atoms. The molecule has 158 valence electrons. The Hall–Kier alpha value is -2.44. The van der Waals surface area contributed by atoms with Crippen molar-refractivity contribution in [2.45, 2.75) is 33.2 Å². The van der Waals surface area contributed by atoms with Crippen molar-refractivity contribution in [1.29, 1.82) is 0 Å². The highest BCUT2D eigenvalue weighted by molar-refractivity contribution is 6.01. The lowest BCUT2D eigenvalue weighted by Crippen LogP contribution is -2.49. The Morgan fingerprint density at radius 2 is 1.69 bits per heavy atom. The first-order valence-corrected chi connectivity index (χ1v) is 10.3. The number of rotatable bonds is 11. The van der Waals surface area contributed by atoms with E-state index in [2.05, 4.69) is 31.0 Å². The summed E-state index contributed by atoms with van der Waals surface area (Å²) < 4.78 is 19.0. The first kappa shape index (κ1) is 22.8. The van der Waals surface area contributed by atoms with Crippen LogP contribution in [-0.2, 0) is 4.74 Å². The van der Waals surface area contributed by atoms with Crippen LogP contribution in [0.2, 0.25) is 0 Å². The van der Waals surface area contributed by atoms with Gasteiger partial charge in [0.15, 0.2) is 0 Å². The van der Waals surface area contributed by atoms with Crippen LogP contribution in [0, 0.1) is 5.82 Å². The molecule has 2 aromatic carbocycles. The molecule has 1 unspecified atom stereocenters. The molecule has 2 aromatic rings. The van der Waals surface area contributed by atoms with Gasteiger partial charge in [-0.1, -0.05) is 39.0 Å². The Kier molecular flexibility index (Phi) is 9.60. The summed E-state index contributed by atoms with van der Waals surface area (Å²) in [6, 6.07) is 15.2. The monoisotopic (exact) mass is 401 g/mol. The lowest BCUT2D eigenvalue weighted by molar-refractivity contribution is 0.0668. The molecular formula is C23H32FN3O2. The molecular weight excluding hydrogens is 369 g/mol. The molecule has 0 aliphatic rings. The number of likely N-dealkylation sites (N-methyl/N-ethyl adjacent to an activating group) is 1. The molecule has 0 radical (unpaired) electrons. The van der Waals surface area contributed by atoms with Crippen LogP contribution < -0.4 is 10.2 Å². The number of amides is 2. The van der Waals surface area contributed by atoms with Crippen LogP contribution in [0.3, 0.4) is 0 Å². The molecule has 5 nitrogen and oxygen atoms in total.